The second kappa shape index (κ2) is 8.59. The predicted octanol–water partition coefficient (Wildman–Crippen LogP) is 4.32. The topological polar surface area (TPSA) is 70.2 Å². The Morgan fingerprint density at radius 2 is 1.64 bits per heavy atom. The van der Waals surface area contributed by atoms with Crippen molar-refractivity contribution >= 4 is 23.2 Å². The standard InChI is InChI=1S/C22H29N5O/c1-16-10-12-27(13-11-16)20-8-6-19(7-9-20)25-21(28)17-14-23-22(24-15-17)26-18-4-2-3-5-18/h6-9,14-16,18H,2-5,10-13H2,1H3,(H,25,28)(H,23,24,26). The zero-order valence-electron chi connectivity index (χ0n) is 16.5. The largest absolute Gasteiger partial charge is 0.372 e. The number of hydrogen-bond acceptors (Lipinski definition) is 5. The van der Waals surface area contributed by atoms with Gasteiger partial charge in [-0.05, 0) is 55.9 Å². The highest BCUT2D eigenvalue weighted by Crippen LogP contribution is 2.24. The lowest BCUT2D eigenvalue weighted by Crippen LogP contribution is -2.32. The Labute approximate surface area is 166 Å². The Balaban J connectivity index is 1.32. The van der Waals surface area contributed by atoms with Gasteiger partial charge in [0.2, 0.25) is 5.95 Å². The molecule has 1 aromatic carbocycles. The van der Waals surface area contributed by atoms with Crippen molar-refractivity contribution in [3.8, 4) is 0 Å². The molecule has 0 radical (unpaired) electrons. The van der Waals surface area contributed by atoms with Crippen LogP contribution in [-0.2, 0) is 0 Å². The Morgan fingerprint density at radius 1 is 1.00 bits per heavy atom. The van der Waals surface area contributed by atoms with Gasteiger partial charge in [-0.15, -0.1) is 0 Å². The van der Waals surface area contributed by atoms with E-state index in [0.29, 0.717) is 17.6 Å². The number of benzene rings is 1. The molecule has 1 amide bonds. The first kappa shape index (κ1) is 18.7. The van der Waals surface area contributed by atoms with Crippen molar-refractivity contribution in [2.24, 2.45) is 5.92 Å². The molecule has 6 nitrogen and oxygen atoms in total. The Hall–Kier alpha value is -2.63. The normalized spacial score (nSPS) is 18.2. The van der Waals surface area contributed by atoms with Crippen LogP contribution in [0.2, 0.25) is 0 Å². The molecule has 0 bridgehead atoms. The average Bonchev–Trinajstić information content (AvgIpc) is 3.23. The first-order chi connectivity index (χ1) is 13.7. The summed E-state index contributed by atoms with van der Waals surface area (Å²) in [4.78, 5) is 23.5. The molecule has 2 fully saturated rings. The highest BCUT2D eigenvalue weighted by molar-refractivity contribution is 6.03. The molecule has 28 heavy (non-hydrogen) atoms. The molecule has 2 aromatic rings. The molecule has 1 aromatic heterocycles. The van der Waals surface area contributed by atoms with Gasteiger partial charge in [-0.1, -0.05) is 19.8 Å². The van der Waals surface area contributed by atoms with Gasteiger partial charge in [0.25, 0.3) is 5.91 Å². The lowest BCUT2D eigenvalue weighted by Gasteiger charge is -2.32. The van der Waals surface area contributed by atoms with Crippen molar-refractivity contribution in [1.29, 1.82) is 0 Å². The SMILES string of the molecule is CC1CCN(c2ccc(NC(=O)c3cnc(NC4CCCC4)nc3)cc2)CC1. The lowest BCUT2D eigenvalue weighted by molar-refractivity contribution is 0.102. The fraction of sp³-hybridized carbons (Fsp3) is 0.500. The van der Waals surface area contributed by atoms with Crippen molar-refractivity contribution in [3.63, 3.8) is 0 Å². The first-order valence-corrected chi connectivity index (χ1v) is 10.4. The molecule has 0 spiro atoms. The average molecular weight is 380 g/mol. The number of rotatable bonds is 5. The summed E-state index contributed by atoms with van der Waals surface area (Å²) in [6.07, 6.45) is 10.5. The molecule has 2 aliphatic rings. The van der Waals surface area contributed by atoms with Crippen LogP contribution in [0.1, 0.15) is 55.8 Å². The van der Waals surface area contributed by atoms with Crippen LogP contribution in [0.25, 0.3) is 0 Å². The number of hydrogen-bond donors (Lipinski definition) is 2. The summed E-state index contributed by atoms with van der Waals surface area (Å²) < 4.78 is 0. The summed E-state index contributed by atoms with van der Waals surface area (Å²) in [5, 5.41) is 6.27. The number of carbonyl (C=O) groups excluding carboxylic acids is 1. The van der Waals surface area contributed by atoms with E-state index < -0.39 is 0 Å². The van der Waals surface area contributed by atoms with E-state index in [2.05, 4.69) is 44.6 Å². The van der Waals surface area contributed by atoms with Gasteiger partial charge in [-0.25, -0.2) is 9.97 Å². The van der Waals surface area contributed by atoms with Crippen molar-refractivity contribution in [2.75, 3.05) is 28.6 Å². The molecule has 1 aliphatic carbocycles. The minimum Gasteiger partial charge on any atom is -0.372 e. The van der Waals surface area contributed by atoms with E-state index in [4.69, 9.17) is 0 Å². The Kier molecular flexibility index (Phi) is 5.74. The molecule has 2 N–H and O–H groups in total. The minimum absolute atomic E-state index is 0.188. The van der Waals surface area contributed by atoms with Crippen molar-refractivity contribution in [2.45, 2.75) is 51.5 Å². The zero-order valence-corrected chi connectivity index (χ0v) is 16.5. The van der Waals surface area contributed by atoms with Crippen LogP contribution >= 0.6 is 0 Å². The molecular weight excluding hydrogens is 350 g/mol. The van der Waals surface area contributed by atoms with E-state index in [-0.39, 0.29) is 5.91 Å². The molecule has 1 saturated carbocycles. The molecule has 1 aliphatic heterocycles. The van der Waals surface area contributed by atoms with E-state index in [1.54, 1.807) is 12.4 Å². The monoisotopic (exact) mass is 379 g/mol. The predicted molar refractivity (Wildman–Crippen MR) is 113 cm³/mol. The summed E-state index contributed by atoms with van der Waals surface area (Å²) in [5.74, 6) is 1.23. The maximum atomic E-state index is 12.5. The quantitative estimate of drug-likeness (QED) is 0.810. The summed E-state index contributed by atoms with van der Waals surface area (Å²) in [6.45, 7) is 4.52. The Bertz CT molecular complexity index is 776. The molecule has 1 saturated heterocycles. The fourth-order valence-electron chi connectivity index (χ4n) is 4.00. The molecule has 0 unspecified atom stereocenters. The molecule has 2 heterocycles. The van der Waals surface area contributed by atoms with E-state index in [1.807, 2.05) is 12.1 Å². The molecule has 4 rings (SSSR count). The van der Waals surface area contributed by atoms with Crippen LogP contribution in [0.4, 0.5) is 17.3 Å². The van der Waals surface area contributed by atoms with Gasteiger partial charge in [-0.2, -0.15) is 0 Å². The Morgan fingerprint density at radius 3 is 2.29 bits per heavy atom. The maximum absolute atomic E-state index is 12.5. The number of aromatic nitrogens is 2. The third-order valence-electron chi connectivity index (χ3n) is 5.88. The zero-order chi connectivity index (χ0) is 19.3. The fourth-order valence-corrected chi connectivity index (χ4v) is 4.00. The van der Waals surface area contributed by atoms with Crippen LogP contribution in [0.15, 0.2) is 36.7 Å². The van der Waals surface area contributed by atoms with Gasteiger partial charge < -0.3 is 15.5 Å². The highest BCUT2D eigenvalue weighted by Gasteiger charge is 2.17. The highest BCUT2D eigenvalue weighted by atomic mass is 16.1. The van der Waals surface area contributed by atoms with Gasteiger partial charge in [-0.3, -0.25) is 4.79 Å². The third-order valence-corrected chi connectivity index (χ3v) is 5.88. The van der Waals surface area contributed by atoms with E-state index in [9.17, 15) is 4.79 Å². The summed E-state index contributed by atoms with van der Waals surface area (Å²) in [6, 6.07) is 8.54. The van der Waals surface area contributed by atoms with Gasteiger partial charge in [0.15, 0.2) is 0 Å². The van der Waals surface area contributed by atoms with Gasteiger partial charge in [0, 0.05) is 42.9 Å². The van der Waals surface area contributed by atoms with Crippen molar-refractivity contribution < 1.29 is 4.79 Å². The van der Waals surface area contributed by atoms with E-state index in [1.165, 1.54) is 31.4 Å². The molecule has 0 atom stereocenters. The molecule has 148 valence electrons. The number of amides is 1. The van der Waals surface area contributed by atoms with Crippen molar-refractivity contribution in [1.82, 2.24) is 9.97 Å². The van der Waals surface area contributed by atoms with Gasteiger partial charge in [0.1, 0.15) is 0 Å². The second-order valence-electron chi connectivity index (χ2n) is 8.09. The number of carbonyl (C=O) groups is 1. The summed E-state index contributed by atoms with van der Waals surface area (Å²) >= 11 is 0. The van der Waals surface area contributed by atoms with Gasteiger partial charge >= 0.3 is 0 Å². The summed E-state index contributed by atoms with van der Waals surface area (Å²) in [7, 11) is 0. The van der Waals surface area contributed by atoms with Crippen LogP contribution in [0, 0.1) is 5.92 Å². The summed E-state index contributed by atoms with van der Waals surface area (Å²) in [5.41, 5.74) is 2.47. The van der Waals surface area contributed by atoms with Crippen LogP contribution < -0.4 is 15.5 Å². The third kappa shape index (κ3) is 4.61. The van der Waals surface area contributed by atoms with Crippen LogP contribution in [0.5, 0.6) is 0 Å². The maximum Gasteiger partial charge on any atom is 0.258 e. The minimum atomic E-state index is -0.188. The number of anilines is 3. The van der Waals surface area contributed by atoms with Crippen molar-refractivity contribution in [3.05, 3.63) is 42.2 Å². The van der Waals surface area contributed by atoms with Crippen LogP contribution in [-0.4, -0.2) is 35.0 Å². The van der Waals surface area contributed by atoms with E-state index in [0.717, 1.165) is 37.5 Å². The smallest absolute Gasteiger partial charge is 0.258 e. The first-order valence-electron chi connectivity index (χ1n) is 10.4. The van der Waals surface area contributed by atoms with Gasteiger partial charge in [0.05, 0.1) is 5.56 Å². The van der Waals surface area contributed by atoms with E-state index >= 15 is 0 Å². The number of piperidine rings is 1. The molecular formula is C22H29N5O. The second-order valence-corrected chi connectivity index (χ2v) is 8.09. The van der Waals surface area contributed by atoms with Crippen LogP contribution in [0.3, 0.4) is 0 Å². The lowest BCUT2D eigenvalue weighted by atomic mass is 9.99. The molecule has 6 heteroatoms. The number of nitrogens with zero attached hydrogens (tertiary/aromatic N) is 3. The number of nitrogens with one attached hydrogen (secondary N) is 2.